The molecule has 2 rings (SSSR count). The highest BCUT2D eigenvalue weighted by molar-refractivity contribution is 7.89. The maximum Gasteiger partial charge on any atom is 0.243 e. The molecule has 1 saturated heterocycles. The predicted molar refractivity (Wildman–Crippen MR) is 74.3 cm³/mol. The van der Waals surface area contributed by atoms with Crippen molar-refractivity contribution in [2.75, 3.05) is 18.8 Å². The van der Waals surface area contributed by atoms with E-state index >= 15 is 0 Å². The summed E-state index contributed by atoms with van der Waals surface area (Å²) in [6.45, 7) is 4.13. The first-order valence-electron chi connectivity index (χ1n) is 6.37. The van der Waals surface area contributed by atoms with E-state index in [1.807, 2.05) is 0 Å². The molecule has 5 nitrogen and oxygen atoms in total. The fraction of sp³-hybridized carbons (Fsp3) is 0.538. The molecule has 19 heavy (non-hydrogen) atoms. The number of piperidine rings is 1. The minimum atomic E-state index is -3.56. The van der Waals surface area contributed by atoms with Crippen LogP contribution in [0.2, 0.25) is 0 Å². The van der Waals surface area contributed by atoms with Crippen molar-refractivity contribution in [2.24, 2.45) is 0 Å². The summed E-state index contributed by atoms with van der Waals surface area (Å²) in [4.78, 5) is 0.316. The summed E-state index contributed by atoms with van der Waals surface area (Å²) >= 11 is 0. The Labute approximate surface area is 114 Å². The molecular formula is C13H20N2O3S. The second-order valence-corrected chi connectivity index (χ2v) is 7.02. The molecule has 6 heteroatoms. The topological polar surface area (TPSA) is 83.6 Å². The van der Waals surface area contributed by atoms with Crippen molar-refractivity contribution < 1.29 is 13.5 Å². The van der Waals surface area contributed by atoms with E-state index in [1.54, 1.807) is 26.0 Å². The maximum atomic E-state index is 12.7. The predicted octanol–water partition coefficient (Wildman–Crippen LogP) is 1.03. The van der Waals surface area contributed by atoms with E-state index in [4.69, 9.17) is 5.73 Å². The van der Waals surface area contributed by atoms with E-state index in [2.05, 4.69) is 0 Å². The Morgan fingerprint density at radius 1 is 1.32 bits per heavy atom. The zero-order valence-corrected chi connectivity index (χ0v) is 12.1. The Hall–Kier alpha value is -1.11. The van der Waals surface area contributed by atoms with E-state index in [0.717, 1.165) is 0 Å². The van der Waals surface area contributed by atoms with Gasteiger partial charge >= 0.3 is 0 Å². The molecule has 1 aromatic rings. The molecule has 0 unspecified atom stereocenters. The maximum absolute atomic E-state index is 12.7. The first-order valence-corrected chi connectivity index (χ1v) is 7.81. The number of anilines is 1. The zero-order valence-electron chi connectivity index (χ0n) is 11.3. The number of nitrogens with two attached hydrogens (primary N) is 1. The number of β-amino-alcohol motifs (C(OH)–C–C–N with tert-alkyl or cyclic N) is 1. The number of benzene rings is 1. The number of hydrogen-bond acceptors (Lipinski definition) is 4. The van der Waals surface area contributed by atoms with Crippen molar-refractivity contribution in [1.29, 1.82) is 0 Å². The molecule has 1 fully saturated rings. The van der Waals surface area contributed by atoms with Crippen molar-refractivity contribution in [1.82, 2.24) is 4.31 Å². The van der Waals surface area contributed by atoms with Crippen LogP contribution in [0.5, 0.6) is 0 Å². The Morgan fingerprint density at radius 2 is 1.89 bits per heavy atom. The third kappa shape index (κ3) is 2.75. The molecule has 106 valence electrons. The van der Waals surface area contributed by atoms with Crippen LogP contribution >= 0.6 is 0 Å². The van der Waals surface area contributed by atoms with Crippen LogP contribution < -0.4 is 5.73 Å². The van der Waals surface area contributed by atoms with E-state index < -0.39 is 16.1 Å². The Morgan fingerprint density at radius 3 is 2.42 bits per heavy atom. The molecular weight excluding hydrogens is 264 g/mol. The van der Waals surface area contributed by atoms with E-state index in [-0.39, 0.29) is 6.54 Å². The van der Waals surface area contributed by atoms with E-state index in [0.29, 0.717) is 41.1 Å². The summed E-state index contributed by atoms with van der Waals surface area (Å²) in [5.74, 6) is 0. The number of aliphatic hydroxyl groups is 1. The van der Waals surface area contributed by atoms with Gasteiger partial charge in [-0.15, -0.1) is 0 Å². The molecule has 1 aromatic carbocycles. The van der Waals surface area contributed by atoms with Gasteiger partial charge < -0.3 is 10.8 Å². The SMILES string of the molecule is Cc1cc(N)cc(C)c1S(=O)(=O)N1CCC[C@H](O)C1. The van der Waals surface area contributed by atoms with Gasteiger partial charge in [0.15, 0.2) is 0 Å². The quantitative estimate of drug-likeness (QED) is 0.795. The molecule has 0 saturated carbocycles. The average Bonchev–Trinajstić information content (AvgIpc) is 2.26. The normalized spacial score (nSPS) is 21.5. The molecule has 0 radical (unpaired) electrons. The van der Waals surface area contributed by atoms with E-state index in [9.17, 15) is 13.5 Å². The van der Waals surface area contributed by atoms with Gasteiger partial charge in [-0.25, -0.2) is 8.42 Å². The van der Waals surface area contributed by atoms with E-state index in [1.165, 1.54) is 4.31 Å². The highest BCUT2D eigenvalue weighted by Gasteiger charge is 2.31. The fourth-order valence-electron chi connectivity index (χ4n) is 2.66. The Kier molecular flexibility index (Phi) is 3.85. The minimum Gasteiger partial charge on any atom is -0.399 e. The first kappa shape index (κ1) is 14.3. The number of nitrogens with zero attached hydrogens (tertiary/aromatic N) is 1. The number of rotatable bonds is 2. The van der Waals surface area contributed by atoms with Gasteiger partial charge in [0.05, 0.1) is 11.0 Å². The van der Waals surface area contributed by atoms with Crippen LogP contribution in [0.15, 0.2) is 17.0 Å². The smallest absolute Gasteiger partial charge is 0.243 e. The summed E-state index contributed by atoms with van der Waals surface area (Å²) in [7, 11) is -3.56. The fourth-order valence-corrected chi connectivity index (χ4v) is 4.59. The second-order valence-electron chi connectivity index (χ2n) is 5.14. The van der Waals surface area contributed by atoms with Crippen LogP contribution in [0, 0.1) is 13.8 Å². The van der Waals surface area contributed by atoms with Gasteiger partial charge in [0, 0.05) is 18.8 Å². The molecule has 0 aliphatic carbocycles. The lowest BCUT2D eigenvalue weighted by atomic mass is 10.1. The Balaban J connectivity index is 2.45. The van der Waals surface area contributed by atoms with Crippen molar-refractivity contribution >= 4 is 15.7 Å². The van der Waals surface area contributed by atoms with Crippen LogP contribution in [0.25, 0.3) is 0 Å². The summed E-state index contributed by atoms with van der Waals surface area (Å²) in [5.41, 5.74) is 7.59. The van der Waals surface area contributed by atoms with Crippen LogP contribution in [0.3, 0.4) is 0 Å². The molecule has 1 aliphatic rings. The third-order valence-electron chi connectivity index (χ3n) is 3.44. The monoisotopic (exact) mass is 284 g/mol. The lowest BCUT2D eigenvalue weighted by molar-refractivity contribution is 0.108. The van der Waals surface area contributed by atoms with Crippen molar-refractivity contribution in [3.63, 3.8) is 0 Å². The molecule has 1 aliphatic heterocycles. The lowest BCUT2D eigenvalue weighted by Gasteiger charge is -2.30. The number of aliphatic hydroxyl groups excluding tert-OH is 1. The molecule has 1 heterocycles. The highest BCUT2D eigenvalue weighted by atomic mass is 32.2. The summed E-state index contributed by atoms with van der Waals surface area (Å²) in [6, 6.07) is 3.33. The molecule has 0 spiro atoms. The van der Waals surface area contributed by atoms with Crippen molar-refractivity contribution in [2.45, 2.75) is 37.7 Å². The summed E-state index contributed by atoms with van der Waals surface area (Å²) < 4.78 is 26.7. The van der Waals surface area contributed by atoms with Crippen LogP contribution in [0.4, 0.5) is 5.69 Å². The van der Waals surface area contributed by atoms with Crippen molar-refractivity contribution in [3.8, 4) is 0 Å². The molecule has 3 N–H and O–H groups in total. The van der Waals surface area contributed by atoms with Gasteiger partial charge in [0.1, 0.15) is 0 Å². The lowest BCUT2D eigenvalue weighted by Crippen LogP contribution is -2.42. The van der Waals surface area contributed by atoms with Gasteiger partial charge in [-0.1, -0.05) is 0 Å². The number of aryl methyl sites for hydroxylation is 2. The van der Waals surface area contributed by atoms with Gasteiger partial charge in [-0.2, -0.15) is 4.31 Å². The minimum absolute atomic E-state index is 0.172. The zero-order chi connectivity index (χ0) is 14.2. The largest absolute Gasteiger partial charge is 0.399 e. The molecule has 0 bridgehead atoms. The van der Waals surface area contributed by atoms with Gasteiger partial charge in [0.2, 0.25) is 10.0 Å². The number of nitrogen functional groups attached to an aromatic ring is 1. The Bertz CT molecular complexity index is 561. The molecule has 0 aromatic heterocycles. The van der Waals surface area contributed by atoms with Gasteiger partial charge in [-0.3, -0.25) is 0 Å². The van der Waals surface area contributed by atoms with Crippen molar-refractivity contribution in [3.05, 3.63) is 23.3 Å². The van der Waals surface area contributed by atoms with Gasteiger partial charge in [-0.05, 0) is 49.9 Å². The standard InChI is InChI=1S/C13H20N2O3S/c1-9-6-11(14)7-10(2)13(9)19(17,18)15-5-3-4-12(16)8-15/h6-7,12,16H,3-5,8,14H2,1-2H3/t12-/m0/s1. The van der Waals surface area contributed by atoms with Crippen LogP contribution in [0.1, 0.15) is 24.0 Å². The number of hydrogen-bond donors (Lipinski definition) is 2. The van der Waals surface area contributed by atoms with Crippen LogP contribution in [-0.4, -0.2) is 37.0 Å². The number of sulfonamides is 1. The second kappa shape index (κ2) is 5.11. The average molecular weight is 284 g/mol. The summed E-state index contributed by atoms with van der Waals surface area (Å²) in [5, 5.41) is 9.65. The molecule has 1 atom stereocenters. The third-order valence-corrected chi connectivity index (χ3v) is 5.61. The van der Waals surface area contributed by atoms with Crippen LogP contribution in [-0.2, 0) is 10.0 Å². The highest BCUT2D eigenvalue weighted by Crippen LogP contribution is 2.28. The van der Waals surface area contributed by atoms with Gasteiger partial charge in [0.25, 0.3) is 0 Å². The summed E-state index contributed by atoms with van der Waals surface area (Å²) in [6.07, 6.45) is 0.775. The first-order chi connectivity index (χ1) is 8.82. The molecule has 0 amide bonds.